The van der Waals surface area contributed by atoms with Crippen LogP contribution in [0.5, 0.6) is 0 Å². The van der Waals surface area contributed by atoms with Gasteiger partial charge in [-0.2, -0.15) is 8.42 Å². The van der Waals surface area contributed by atoms with Crippen LogP contribution in [-0.2, 0) is 14.3 Å². The van der Waals surface area contributed by atoms with Crippen molar-refractivity contribution in [2.75, 3.05) is 18.5 Å². The number of aliphatic hydroxyl groups excluding tert-OH is 1. The van der Waals surface area contributed by atoms with Crippen LogP contribution in [0, 0.1) is 23.7 Å². The van der Waals surface area contributed by atoms with Gasteiger partial charge >= 0.3 is 0 Å². The Bertz CT molecular complexity index is 643. The second-order valence-electron chi connectivity index (χ2n) is 7.06. The fraction of sp³-hybridized carbons (Fsp3) is 0.647. The van der Waals surface area contributed by atoms with E-state index >= 15 is 0 Å². The van der Waals surface area contributed by atoms with Crippen LogP contribution in [0.3, 0.4) is 0 Å². The zero-order valence-corrected chi connectivity index (χ0v) is 16.3. The summed E-state index contributed by atoms with van der Waals surface area (Å²) in [5, 5.41) is 10.5. The molecule has 1 aliphatic rings. The first-order valence-electron chi connectivity index (χ1n) is 7.81. The van der Waals surface area contributed by atoms with Gasteiger partial charge in [-0.15, -0.1) is 0 Å². The Labute approximate surface area is 147 Å². The maximum absolute atomic E-state index is 12.3. The molecule has 0 unspecified atom stereocenters. The Morgan fingerprint density at radius 3 is 2.43 bits per heavy atom. The summed E-state index contributed by atoms with van der Waals surface area (Å²) >= 11 is 3.55. The molecule has 1 fully saturated rings. The third-order valence-electron chi connectivity index (χ3n) is 5.69. The Kier molecular flexibility index (Phi) is 5.61. The summed E-state index contributed by atoms with van der Waals surface area (Å²) in [6, 6.07) is 6.66. The van der Waals surface area contributed by atoms with E-state index < -0.39 is 10.1 Å². The van der Waals surface area contributed by atoms with Crippen molar-refractivity contribution in [1.82, 2.24) is 0 Å². The zero-order chi connectivity index (χ0) is 17.3. The predicted octanol–water partition coefficient (Wildman–Crippen LogP) is 3.51. The molecule has 1 aromatic carbocycles. The molecule has 2 rings (SSSR count). The van der Waals surface area contributed by atoms with Crippen LogP contribution >= 0.6 is 15.9 Å². The Morgan fingerprint density at radius 1 is 1.30 bits per heavy atom. The highest BCUT2D eigenvalue weighted by Crippen LogP contribution is 2.56. The van der Waals surface area contributed by atoms with E-state index in [0.717, 1.165) is 18.4 Å². The molecule has 0 aliphatic heterocycles. The number of hydrogen-bond acceptors (Lipinski definition) is 4. The first kappa shape index (κ1) is 18.9. The summed E-state index contributed by atoms with van der Waals surface area (Å²) in [6.45, 7) is 6.30. The number of aliphatic hydroxyl groups is 1. The van der Waals surface area contributed by atoms with E-state index in [-0.39, 0.29) is 34.9 Å². The van der Waals surface area contributed by atoms with E-state index in [2.05, 4.69) is 29.8 Å². The standard InChI is InChI=1S/C17H25BrO4S/c1-13-4-6-15(7-5-13)23(20,21)22-10-14-8-9-16(2,12-19)17(14,3)11-18/h4-7,14,19H,8-12H2,1-3H3/t14-,16+,17-/m1/s1. The molecule has 1 N–H and O–H groups in total. The van der Waals surface area contributed by atoms with E-state index in [1.165, 1.54) is 0 Å². The summed E-state index contributed by atoms with van der Waals surface area (Å²) in [5.41, 5.74) is 0.577. The van der Waals surface area contributed by atoms with Gasteiger partial charge in [0.2, 0.25) is 0 Å². The van der Waals surface area contributed by atoms with Crippen molar-refractivity contribution < 1.29 is 17.7 Å². The number of hydrogen-bond donors (Lipinski definition) is 1. The van der Waals surface area contributed by atoms with Crippen LogP contribution in [0.2, 0.25) is 0 Å². The second kappa shape index (κ2) is 6.82. The van der Waals surface area contributed by atoms with Crippen molar-refractivity contribution >= 4 is 26.0 Å². The quantitative estimate of drug-likeness (QED) is 0.581. The van der Waals surface area contributed by atoms with Crippen LogP contribution in [0.15, 0.2) is 29.2 Å². The molecule has 0 heterocycles. The minimum absolute atomic E-state index is 0.0826. The van der Waals surface area contributed by atoms with Gasteiger partial charge in [-0.25, -0.2) is 0 Å². The molecule has 1 saturated carbocycles. The first-order valence-corrected chi connectivity index (χ1v) is 10.3. The van der Waals surface area contributed by atoms with Gasteiger partial charge in [-0.05, 0) is 48.6 Å². The Hall–Kier alpha value is -0.430. The summed E-state index contributed by atoms with van der Waals surface area (Å²) in [4.78, 5) is 0.187. The highest BCUT2D eigenvalue weighted by atomic mass is 79.9. The lowest BCUT2D eigenvalue weighted by atomic mass is 9.66. The van der Waals surface area contributed by atoms with Gasteiger partial charge in [0.1, 0.15) is 0 Å². The summed E-state index contributed by atoms with van der Waals surface area (Å²) in [7, 11) is -3.74. The van der Waals surface area contributed by atoms with E-state index in [4.69, 9.17) is 4.18 Å². The fourth-order valence-corrected chi connectivity index (χ4v) is 5.42. The van der Waals surface area contributed by atoms with Gasteiger partial charge in [0.05, 0.1) is 11.5 Å². The fourth-order valence-electron chi connectivity index (χ4n) is 3.33. The SMILES string of the molecule is Cc1ccc(S(=O)(=O)OC[C@H]2CC[C@@](C)(CO)[C@]2(C)CBr)cc1. The molecule has 6 heteroatoms. The molecule has 0 aromatic heterocycles. The topological polar surface area (TPSA) is 63.6 Å². The smallest absolute Gasteiger partial charge is 0.296 e. The van der Waals surface area contributed by atoms with Gasteiger partial charge in [0.25, 0.3) is 10.1 Å². The van der Waals surface area contributed by atoms with Gasteiger partial charge in [-0.3, -0.25) is 4.18 Å². The minimum atomic E-state index is -3.74. The lowest BCUT2D eigenvalue weighted by Crippen LogP contribution is -2.42. The maximum atomic E-state index is 12.3. The van der Waals surface area contributed by atoms with E-state index in [1.807, 2.05) is 6.92 Å². The third-order valence-corrected chi connectivity index (χ3v) is 8.15. The number of benzene rings is 1. The third kappa shape index (κ3) is 3.50. The normalized spacial score (nSPS) is 31.4. The van der Waals surface area contributed by atoms with Crippen LogP contribution in [0.4, 0.5) is 0 Å². The summed E-state index contributed by atoms with van der Waals surface area (Å²) in [6.07, 6.45) is 1.72. The number of rotatable bonds is 6. The second-order valence-corrected chi connectivity index (χ2v) is 9.23. The maximum Gasteiger partial charge on any atom is 0.296 e. The predicted molar refractivity (Wildman–Crippen MR) is 94.1 cm³/mol. The molecule has 1 aliphatic carbocycles. The number of alkyl halides is 1. The molecule has 3 atom stereocenters. The van der Waals surface area contributed by atoms with Crippen molar-refractivity contribution in [3.05, 3.63) is 29.8 Å². The average molecular weight is 405 g/mol. The summed E-state index contributed by atoms with van der Waals surface area (Å²) < 4.78 is 30.0. The lowest BCUT2D eigenvalue weighted by Gasteiger charge is -2.42. The van der Waals surface area contributed by atoms with Gasteiger partial charge in [-0.1, -0.05) is 47.5 Å². The number of aryl methyl sites for hydroxylation is 1. The Balaban J connectivity index is 2.12. The molecule has 0 spiro atoms. The molecular weight excluding hydrogens is 380 g/mol. The molecule has 1 aromatic rings. The molecule has 130 valence electrons. The van der Waals surface area contributed by atoms with Crippen LogP contribution < -0.4 is 0 Å². The largest absolute Gasteiger partial charge is 0.396 e. The van der Waals surface area contributed by atoms with Crippen molar-refractivity contribution in [2.24, 2.45) is 16.7 Å². The van der Waals surface area contributed by atoms with Gasteiger partial charge in [0, 0.05) is 11.9 Å². The first-order chi connectivity index (χ1) is 10.7. The highest BCUT2D eigenvalue weighted by molar-refractivity contribution is 9.09. The molecule has 23 heavy (non-hydrogen) atoms. The molecule has 0 saturated heterocycles. The minimum Gasteiger partial charge on any atom is -0.396 e. The summed E-state index contributed by atoms with van der Waals surface area (Å²) in [5.74, 6) is 0.0826. The van der Waals surface area contributed by atoms with Gasteiger partial charge < -0.3 is 5.11 Å². The van der Waals surface area contributed by atoms with Crippen LogP contribution in [-0.4, -0.2) is 32.1 Å². The van der Waals surface area contributed by atoms with E-state index in [9.17, 15) is 13.5 Å². The van der Waals surface area contributed by atoms with Crippen LogP contribution in [0.25, 0.3) is 0 Å². The van der Waals surface area contributed by atoms with E-state index in [1.54, 1.807) is 24.3 Å². The van der Waals surface area contributed by atoms with Crippen LogP contribution in [0.1, 0.15) is 32.3 Å². The molecule has 0 radical (unpaired) electrons. The lowest BCUT2D eigenvalue weighted by molar-refractivity contribution is 0.0189. The highest BCUT2D eigenvalue weighted by Gasteiger charge is 2.53. The Morgan fingerprint density at radius 2 is 1.91 bits per heavy atom. The molecule has 4 nitrogen and oxygen atoms in total. The zero-order valence-electron chi connectivity index (χ0n) is 13.9. The molecule has 0 bridgehead atoms. The average Bonchev–Trinajstić information content (AvgIpc) is 2.79. The van der Waals surface area contributed by atoms with Crippen molar-refractivity contribution in [2.45, 2.75) is 38.5 Å². The monoisotopic (exact) mass is 404 g/mol. The van der Waals surface area contributed by atoms with E-state index in [0.29, 0.717) is 5.33 Å². The molecular formula is C17H25BrO4S. The van der Waals surface area contributed by atoms with Gasteiger partial charge in [0.15, 0.2) is 0 Å². The van der Waals surface area contributed by atoms with Crippen molar-refractivity contribution in [3.8, 4) is 0 Å². The van der Waals surface area contributed by atoms with Crippen molar-refractivity contribution in [3.63, 3.8) is 0 Å². The number of halogens is 1. The molecule has 0 amide bonds. The van der Waals surface area contributed by atoms with Crippen molar-refractivity contribution in [1.29, 1.82) is 0 Å².